The Bertz CT molecular complexity index is 889. The predicted molar refractivity (Wildman–Crippen MR) is 106 cm³/mol. The summed E-state index contributed by atoms with van der Waals surface area (Å²) in [7, 11) is 1.45. The van der Waals surface area contributed by atoms with E-state index in [1.54, 1.807) is 6.07 Å². The highest BCUT2D eigenvalue weighted by Crippen LogP contribution is 2.27. The second-order valence-corrected chi connectivity index (χ2v) is 5.96. The van der Waals surface area contributed by atoms with Gasteiger partial charge in [0.05, 0.1) is 13.7 Å². The average molecular weight is 418 g/mol. The zero-order valence-corrected chi connectivity index (χ0v) is 16.6. The van der Waals surface area contributed by atoms with Crippen LogP contribution in [0.3, 0.4) is 0 Å². The molecule has 4 N–H and O–H groups in total. The zero-order valence-electron chi connectivity index (χ0n) is 16.6. The summed E-state index contributed by atoms with van der Waals surface area (Å²) in [5, 5.41) is 4.87. The molecule has 0 aliphatic rings. The van der Waals surface area contributed by atoms with E-state index in [1.165, 1.54) is 43.5 Å². The lowest BCUT2D eigenvalue weighted by Crippen LogP contribution is -2.47. The molecule has 2 aromatic rings. The van der Waals surface area contributed by atoms with Crippen molar-refractivity contribution >= 4 is 17.8 Å². The molecule has 2 aromatic carbocycles. The van der Waals surface area contributed by atoms with Crippen LogP contribution in [0.1, 0.15) is 22.8 Å². The number of urea groups is 1. The fourth-order valence-electron chi connectivity index (χ4n) is 2.33. The van der Waals surface area contributed by atoms with E-state index in [-0.39, 0.29) is 24.5 Å². The van der Waals surface area contributed by atoms with Gasteiger partial charge in [0, 0.05) is 12.1 Å². The number of nitrogens with one attached hydrogen (secondary N) is 4. The Labute approximate surface area is 172 Å². The van der Waals surface area contributed by atoms with Gasteiger partial charge in [-0.2, -0.15) is 0 Å². The Kier molecular flexibility index (Phi) is 8.42. The van der Waals surface area contributed by atoms with Gasteiger partial charge in [-0.1, -0.05) is 12.1 Å². The van der Waals surface area contributed by atoms with E-state index < -0.39 is 17.8 Å². The highest BCUT2D eigenvalue weighted by Gasteiger charge is 2.12. The minimum absolute atomic E-state index is 0.171. The molecule has 0 fully saturated rings. The molecule has 0 radical (unpaired) electrons. The molecule has 10 heteroatoms. The second-order valence-electron chi connectivity index (χ2n) is 5.96. The normalized spacial score (nSPS) is 9.97. The molecule has 0 aliphatic carbocycles. The van der Waals surface area contributed by atoms with E-state index in [1.807, 2.05) is 6.92 Å². The lowest BCUT2D eigenvalue weighted by atomic mass is 10.2. The molecule has 0 bridgehead atoms. The van der Waals surface area contributed by atoms with Crippen molar-refractivity contribution in [2.75, 3.05) is 20.3 Å². The number of amides is 4. The lowest BCUT2D eigenvalue weighted by molar-refractivity contribution is -0.120. The van der Waals surface area contributed by atoms with Gasteiger partial charge in [-0.3, -0.25) is 20.4 Å². The third-order valence-electron chi connectivity index (χ3n) is 3.82. The quantitative estimate of drug-likeness (QED) is 0.485. The smallest absolute Gasteiger partial charge is 0.315 e. The maximum atomic E-state index is 12.8. The zero-order chi connectivity index (χ0) is 21.9. The summed E-state index contributed by atoms with van der Waals surface area (Å²) in [4.78, 5) is 35.7. The highest BCUT2D eigenvalue weighted by molar-refractivity contribution is 5.96. The van der Waals surface area contributed by atoms with Crippen LogP contribution < -0.4 is 31.0 Å². The molecule has 160 valence electrons. The molecular weight excluding hydrogens is 395 g/mol. The lowest BCUT2D eigenvalue weighted by Gasteiger charge is -2.12. The van der Waals surface area contributed by atoms with Crippen LogP contribution in [-0.2, 0) is 11.3 Å². The van der Waals surface area contributed by atoms with Gasteiger partial charge < -0.3 is 20.1 Å². The number of hydrazine groups is 1. The molecule has 0 aromatic heterocycles. The monoisotopic (exact) mass is 418 g/mol. The molecule has 0 aliphatic heterocycles. The molecule has 0 saturated heterocycles. The third-order valence-corrected chi connectivity index (χ3v) is 3.82. The van der Waals surface area contributed by atoms with Crippen LogP contribution in [-0.4, -0.2) is 38.1 Å². The summed E-state index contributed by atoms with van der Waals surface area (Å²) in [6, 6.07) is 9.64. The first-order chi connectivity index (χ1) is 14.4. The number of halogens is 1. The van der Waals surface area contributed by atoms with E-state index >= 15 is 0 Å². The summed E-state index contributed by atoms with van der Waals surface area (Å²) >= 11 is 0. The SMILES string of the molecule is CCOc1ccc(C(=O)NNC(=O)CNC(=O)NCc2ccc(F)cc2)cc1OC. The van der Waals surface area contributed by atoms with Crippen LogP contribution in [0.5, 0.6) is 11.5 Å². The van der Waals surface area contributed by atoms with E-state index in [0.29, 0.717) is 23.7 Å². The Morgan fingerprint density at radius 1 is 0.967 bits per heavy atom. The number of methoxy groups -OCH3 is 1. The Morgan fingerprint density at radius 3 is 2.37 bits per heavy atom. The van der Waals surface area contributed by atoms with E-state index in [0.717, 1.165) is 0 Å². The molecule has 4 amide bonds. The molecule has 0 atom stereocenters. The first kappa shape index (κ1) is 22.5. The van der Waals surface area contributed by atoms with Crippen molar-refractivity contribution in [3.05, 3.63) is 59.4 Å². The third kappa shape index (κ3) is 6.97. The molecular formula is C20H23FN4O5. The van der Waals surface area contributed by atoms with Crippen molar-refractivity contribution in [3.63, 3.8) is 0 Å². The number of carbonyl (C=O) groups is 3. The summed E-state index contributed by atoms with van der Waals surface area (Å²) in [6.45, 7) is 2.08. The number of carbonyl (C=O) groups excluding carboxylic acids is 3. The van der Waals surface area contributed by atoms with Crippen molar-refractivity contribution in [3.8, 4) is 11.5 Å². The van der Waals surface area contributed by atoms with Gasteiger partial charge in [0.1, 0.15) is 12.4 Å². The summed E-state index contributed by atoms with van der Waals surface area (Å²) < 4.78 is 23.4. The van der Waals surface area contributed by atoms with Crippen molar-refractivity contribution in [1.82, 2.24) is 21.5 Å². The highest BCUT2D eigenvalue weighted by atomic mass is 19.1. The predicted octanol–water partition coefficient (Wildman–Crippen LogP) is 1.49. The summed E-state index contributed by atoms with van der Waals surface area (Å²) in [6.07, 6.45) is 0. The maximum absolute atomic E-state index is 12.8. The van der Waals surface area contributed by atoms with E-state index in [4.69, 9.17) is 9.47 Å². The molecule has 2 rings (SSSR count). The Balaban J connectivity index is 1.73. The van der Waals surface area contributed by atoms with Crippen LogP contribution in [0.15, 0.2) is 42.5 Å². The summed E-state index contributed by atoms with van der Waals surface area (Å²) in [5.41, 5.74) is 5.40. The minimum Gasteiger partial charge on any atom is -0.493 e. The number of ether oxygens (including phenoxy) is 2. The van der Waals surface area contributed by atoms with Crippen LogP contribution in [0.2, 0.25) is 0 Å². The Morgan fingerprint density at radius 2 is 1.70 bits per heavy atom. The molecule has 0 spiro atoms. The minimum atomic E-state index is -0.627. The fraction of sp³-hybridized carbons (Fsp3) is 0.250. The fourth-order valence-corrected chi connectivity index (χ4v) is 2.33. The number of benzene rings is 2. The average Bonchev–Trinajstić information content (AvgIpc) is 2.76. The largest absolute Gasteiger partial charge is 0.493 e. The van der Waals surface area contributed by atoms with E-state index in [9.17, 15) is 18.8 Å². The van der Waals surface area contributed by atoms with Crippen LogP contribution >= 0.6 is 0 Å². The molecule has 30 heavy (non-hydrogen) atoms. The Hall–Kier alpha value is -3.82. The van der Waals surface area contributed by atoms with Gasteiger partial charge in [0.25, 0.3) is 11.8 Å². The van der Waals surface area contributed by atoms with Crippen molar-refractivity contribution in [2.45, 2.75) is 13.5 Å². The standard InChI is InChI=1S/C20H23FN4O5/c1-3-30-16-9-6-14(10-17(16)29-2)19(27)25-24-18(26)12-23-20(28)22-11-13-4-7-15(21)8-5-13/h4-10H,3,11-12H2,1-2H3,(H,24,26)(H,25,27)(H2,22,23,28). The van der Waals surface area contributed by atoms with Gasteiger partial charge in [0.2, 0.25) is 0 Å². The molecule has 0 unspecified atom stereocenters. The summed E-state index contributed by atoms with van der Waals surface area (Å²) in [5.74, 6) is -0.680. The number of hydrogen-bond donors (Lipinski definition) is 4. The van der Waals surface area contributed by atoms with Crippen molar-refractivity contribution < 1.29 is 28.2 Å². The van der Waals surface area contributed by atoms with Crippen LogP contribution in [0.25, 0.3) is 0 Å². The van der Waals surface area contributed by atoms with Gasteiger partial charge in [-0.05, 0) is 42.8 Å². The topological polar surface area (TPSA) is 118 Å². The first-order valence-electron chi connectivity index (χ1n) is 9.09. The van der Waals surface area contributed by atoms with Crippen LogP contribution in [0.4, 0.5) is 9.18 Å². The number of rotatable bonds is 8. The second kappa shape index (κ2) is 11.2. The molecule has 0 saturated carbocycles. The number of hydrogen-bond acceptors (Lipinski definition) is 5. The van der Waals surface area contributed by atoms with Gasteiger partial charge in [-0.25, -0.2) is 9.18 Å². The van der Waals surface area contributed by atoms with E-state index in [2.05, 4.69) is 21.5 Å². The maximum Gasteiger partial charge on any atom is 0.315 e. The van der Waals surface area contributed by atoms with Crippen molar-refractivity contribution in [2.24, 2.45) is 0 Å². The van der Waals surface area contributed by atoms with Gasteiger partial charge in [0.15, 0.2) is 11.5 Å². The molecule has 0 heterocycles. The molecule has 9 nitrogen and oxygen atoms in total. The van der Waals surface area contributed by atoms with Gasteiger partial charge in [-0.15, -0.1) is 0 Å². The van der Waals surface area contributed by atoms with Gasteiger partial charge >= 0.3 is 6.03 Å². The first-order valence-corrected chi connectivity index (χ1v) is 9.09. The van der Waals surface area contributed by atoms with Crippen molar-refractivity contribution in [1.29, 1.82) is 0 Å². The van der Waals surface area contributed by atoms with Crippen LogP contribution in [0, 0.1) is 5.82 Å².